The summed E-state index contributed by atoms with van der Waals surface area (Å²) < 4.78 is 6.07. The van der Waals surface area contributed by atoms with Crippen LogP contribution in [0.25, 0.3) is 0 Å². The van der Waals surface area contributed by atoms with Crippen LogP contribution in [0.15, 0.2) is 22.5 Å². The van der Waals surface area contributed by atoms with E-state index in [1.165, 1.54) is 56.4 Å². The number of nitrogens with one attached hydrogen (secondary N) is 2. The number of thiophene rings is 1. The van der Waals surface area contributed by atoms with Gasteiger partial charge in [0.25, 0.3) is 0 Å². The van der Waals surface area contributed by atoms with E-state index in [4.69, 9.17) is 4.74 Å². The zero-order valence-electron chi connectivity index (χ0n) is 16.6. The second-order valence-corrected chi connectivity index (χ2v) is 9.32. The number of morpholine rings is 1. The van der Waals surface area contributed by atoms with Crippen molar-refractivity contribution >= 4 is 17.3 Å². The first-order chi connectivity index (χ1) is 13.3. The van der Waals surface area contributed by atoms with Gasteiger partial charge in [-0.05, 0) is 43.7 Å². The number of rotatable bonds is 5. The summed E-state index contributed by atoms with van der Waals surface area (Å²) >= 11 is 1.91. The van der Waals surface area contributed by atoms with Crippen molar-refractivity contribution in [3.8, 4) is 0 Å². The summed E-state index contributed by atoms with van der Waals surface area (Å²) in [6.45, 7) is 4.97. The summed E-state index contributed by atoms with van der Waals surface area (Å²) in [6, 6.07) is 5.17. The number of aliphatic imine (C=N–C) groups is 1. The molecule has 1 aromatic rings. The maximum Gasteiger partial charge on any atom is 0.191 e. The van der Waals surface area contributed by atoms with Crippen molar-refractivity contribution in [2.45, 2.75) is 62.5 Å². The predicted molar refractivity (Wildman–Crippen MR) is 113 cm³/mol. The molecule has 6 heteroatoms. The second-order valence-electron chi connectivity index (χ2n) is 8.37. The molecule has 0 amide bonds. The Balaban J connectivity index is 1.29. The molecule has 2 atom stereocenters. The van der Waals surface area contributed by atoms with Gasteiger partial charge in [0, 0.05) is 43.0 Å². The van der Waals surface area contributed by atoms with Gasteiger partial charge in [0.1, 0.15) is 0 Å². The monoisotopic (exact) mass is 390 g/mol. The minimum Gasteiger partial charge on any atom is -0.373 e. The van der Waals surface area contributed by atoms with Crippen LogP contribution < -0.4 is 10.6 Å². The highest BCUT2D eigenvalue weighted by molar-refractivity contribution is 7.10. The van der Waals surface area contributed by atoms with Crippen LogP contribution in [0, 0.1) is 0 Å². The van der Waals surface area contributed by atoms with Crippen molar-refractivity contribution in [3.63, 3.8) is 0 Å². The molecule has 0 radical (unpaired) electrons. The van der Waals surface area contributed by atoms with Crippen molar-refractivity contribution in [3.05, 3.63) is 22.4 Å². The van der Waals surface area contributed by atoms with Gasteiger partial charge in [0.15, 0.2) is 5.96 Å². The summed E-state index contributed by atoms with van der Waals surface area (Å²) in [6.07, 6.45) is 9.47. The molecule has 0 aromatic carbocycles. The molecule has 2 unspecified atom stereocenters. The van der Waals surface area contributed by atoms with E-state index in [-0.39, 0.29) is 11.5 Å². The molecule has 3 aliphatic rings. The molecule has 1 saturated carbocycles. The SMILES string of the molecule is CN=C(NCC1CN2CCCC2CO1)NCC1(c2cccs2)CCCCC1. The third-order valence-corrected chi connectivity index (χ3v) is 7.75. The first-order valence-corrected chi connectivity index (χ1v) is 11.5. The van der Waals surface area contributed by atoms with Crippen molar-refractivity contribution in [1.29, 1.82) is 0 Å². The zero-order valence-corrected chi connectivity index (χ0v) is 17.4. The summed E-state index contributed by atoms with van der Waals surface area (Å²) in [5, 5.41) is 9.36. The largest absolute Gasteiger partial charge is 0.373 e. The molecule has 0 spiro atoms. The predicted octanol–water partition coefficient (Wildman–Crippen LogP) is 2.98. The Morgan fingerprint density at radius 3 is 2.96 bits per heavy atom. The van der Waals surface area contributed by atoms with Gasteiger partial charge < -0.3 is 15.4 Å². The standard InChI is InChI=1S/C21H34N4OS/c1-22-20(23-13-18-14-25-11-5-7-17(25)15-26-18)24-16-21(9-3-2-4-10-21)19-8-6-12-27-19/h6,8,12,17-18H,2-5,7,9-11,13-16H2,1H3,(H2,22,23,24). The Hall–Kier alpha value is -1.11. The molecular weight excluding hydrogens is 356 g/mol. The molecule has 1 aromatic heterocycles. The van der Waals surface area contributed by atoms with E-state index in [1.54, 1.807) is 0 Å². The molecule has 2 saturated heterocycles. The lowest BCUT2D eigenvalue weighted by Gasteiger charge is -2.37. The van der Waals surface area contributed by atoms with Crippen LogP contribution in [-0.4, -0.2) is 62.8 Å². The maximum atomic E-state index is 6.07. The molecule has 3 fully saturated rings. The Bertz CT molecular complexity index is 612. The van der Waals surface area contributed by atoms with Gasteiger partial charge in [-0.1, -0.05) is 25.3 Å². The van der Waals surface area contributed by atoms with Crippen LogP contribution in [-0.2, 0) is 10.2 Å². The van der Waals surface area contributed by atoms with E-state index in [2.05, 4.69) is 38.0 Å². The minimum atomic E-state index is 0.263. The number of hydrogen-bond acceptors (Lipinski definition) is 4. The third-order valence-electron chi connectivity index (χ3n) is 6.63. The Morgan fingerprint density at radius 2 is 2.19 bits per heavy atom. The first-order valence-electron chi connectivity index (χ1n) is 10.6. The first kappa shape index (κ1) is 19.2. The van der Waals surface area contributed by atoms with Gasteiger partial charge in [0.05, 0.1) is 12.7 Å². The van der Waals surface area contributed by atoms with Crippen LogP contribution >= 0.6 is 11.3 Å². The van der Waals surface area contributed by atoms with Crippen molar-refractivity contribution in [2.75, 3.05) is 39.8 Å². The maximum absolute atomic E-state index is 6.07. The van der Waals surface area contributed by atoms with Gasteiger partial charge in [-0.2, -0.15) is 0 Å². The van der Waals surface area contributed by atoms with Crippen LogP contribution in [0.2, 0.25) is 0 Å². The molecule has 4 rings (SSSR count). The summed E-state index contributed by atoms with van der Waals surface area (Å²) in [7, 11) is 1.87. The van der Waals surface area contributed by atoms with E-state index in [0.717, 1.165) is 32.2 Å². The Morgan fingerprint density at radius 1 is 1.30 bits per heavy atom. The fourth-order valence-corrected chi connectivity index (χ4v) is 6.00. The molecule has 150 valence electrons. The van der Waals surface area contributed by atoms with Crippen molar-refractivity contribution in [1.82, 2.24) is 15.5 Å². The highest BCUT2D eigenvalue weighted by Gasteiger charge is 2.35. The fourth-order valence-electron chi connectivity index (χ4n) is 5.01. The average Bonchev–Trinajstić information content (AvgIpc) is 3.40. The highest BCUT2D eigenvalue weighted by atomic mass is 32.1. The van der Waals surface area contributed by atoms with Gasteiger partial charge in [0.2, 0.25) is 0 Å². The minimum absolute atomic E-state index is 0.263. The molecule has 1 aliphatic carbocycles. The smallest absolute Gasteiger partial charge is 0.191 e. The lowest BCUT2D eigenvalue weighted by Crippen LogP contribution is -2.52. The number of fused-ring (bicyclic) bond motifs is 1. The van der Waals surface area contributed by atoms with Crippen LogP contribution in [0.1, 0.15) is 49.8 Å². The van der Waals surface area contributed by atoms with E-state index in [9.17, 15) is 0 Å². The molecule has 27 heavy (non-hydrogen) atoms. The fraction of sp³-hybridized carbons (Fsp3) is 0.762. The molecule has 2 aliphatic heterocycles. The van der Waals surface area contributed by atoms with Gasteiger partial charge in [-0.25, -0.2) is 0 Å². The summed E-state index contributed by atoms with van der Waals surface area (Å²) in [4.78, 5) is 8.59. The van der Waals surface area contributed by atoms with Gasteiger partial charge in [-0.3, -0.25) is 9.89 Å². The van der Waals surface area contributed by atoms with E-state index in [1.807, 2.05) is 18.4 Å². The highest BCUT2D eigenvalue weighted by Crippen LogP contribution is 2.41. The molecule has 2 N–H and O–H groups in total. The molecule has 0 bridgehead atoms. The average molecular weight is 391 g/mol. The Kier molecular flexibility index (Phi) is 6.35. The quantitative estimate of drug-likeness (QED) is 0.599. The van der Waals surface area contributed by atoms with E-state index < -0.39 is 0 Å². The van der Waals surface area contributed by atoms with Crippen LogP contribution in [0.5, 0.6) is 0 Å². The lowest BCUT2D eigenvalue weighted by atomic mass is 9.73. The van der Waals surface area contributed by atoms with E-state index >= 15 is 0 Å². The summed E-state index contributed by atoms with van der Waals surface area (Å²) in [5.41, 5.74) is 0.272. The van der Waals surface area contributed by atoms with Crippen LogP contribution in [0.4, 0.5) is 0 Å². The number of ether oxygens (including phenoxy) is 1. The number of guanidine groups is 1. The second kappa shape index (κ2) is 8.93. The number of hydrogen-bond donors (Lipinski definition) is 2. The van der Waals surface area contributed by atoms with Crippen molar-refractivity contribution in [2.24, 2.45) is 4.99 Å². The molecular formula is C21H34N4OS. The van der Waals surface area contributed by atoms with Gasteiger partial charge >= 0.3 is 0 Å². The van der Waals surface area contributed by atoms with E-state index in [0.29, 0.717) is 6.04 Å². The normalized spacial score (nSPS) is 28.7. The molecule has 5 nitrogen and oxygen atoms in total. The molecule has 3 heterocycles. The van der Waals surface area contributed by atoms with Crippen LogP contribution in [0.3, 0.4) is 0 Å². The van der Waals surface area contributed by atoms with Gasteiger partial charge in [-0.15, -0.1) is 11.3 Å². The summed E-state index contributed by atoms with van der Waals surface area (Å²) in [5.74, 6) is 0.906. The zero-order chi connectivity index (χ0) is 18.5. The topological polar surface area (TPSA) is 48.9 Å². The Labute approximate surface area is 167 Å². The lowest BCUT2D eigenvalue weighted by molar-refractivity contribution is -0.0453. The van der Waals surface area contributed by atoms with Crippen molar-refractivity contribution < 1.29 is 4.74 Å². The third kappa shape index (κ3) is 4.49. The number of nitrogens with zero attached hydrogens (tertiary/aromatic N) is 2.